The highest BCUT2D eigenvalue weighted by Crippen LogP contribution is 2.39. The molecule has 4 nitrogen and oxygen atoms in total. The highest BCUT2D eigenvalue weighted by atomic mass is 35.5. The summed E-state index contributed by atoms with van der Waals surface area (Å²) in [6.45, 7) is 0. The average molecular weight is 504 g/mol. The fourth-order valence-corrected chi connectivity index (χ4v) is 4.23. The van der Waals surface area contributed by atoms with Crippen molar-refractivity contribution in [3.8, 4) is 11.1 Å². The van der Waals surface area contributed by atoms with Gasteiger partial charge in [0.15, 0.2) is 5.78 Å². The third-order valence-electron chi connectivity index (χ3n) is 4.88. The predicted octanol–water partition coefficient (Wildman–Crippen LogP) is 7.34. The number of nitrogen functional groups attached to an aromatic ring is 1. The highest BCUT2D eigenvalue weighted by Gasteiger charge is 2.29. The number of ketones is 2. The third-order valence-corrected chi connectivity index (χ3v) is 5.91. The maximum atomic E-state index is 13.5. The van der Waals surface area contributed by atoms with Crippen LogP contribution in [-0.2, 0) is 0 Å². The van der Waals surface area contributed by atoms with Gasteiger partial charge in [0.25, 0.3) is 0 Å². The van der Waals surface area contributed by atoms with E-state index in [0.29, 0.717) is 31.8 Å². The molecule has 0 radical (unpaired) electrons. The summed E-state index contributed by atoms with van der Waals surface area (Å²) in [5.74, 6) is -0.745. The van der Waals surface area contributed by atoms with Crippen LogP contribution < -0.4 is 5.73 Å². The molecule has 0 saturated carbocycles. The normalized spacial score (nSPS) is 10.9. The molecular formula is C24H14Cl4N2O2. The molecule has 0 spiro atoms. The smallest absolute Gasteiger partial charge is 0.209 e. The number of hydrogen-bond acceptors (Lipinski definition) is 3. The van der Waals surface area contributed by atoms with Crippen molar-refractivity contribution in [2.75, 3.05) is 5.73 Å². The number of halogens is 4. The molecule has 0 aliphatic heterocycles. The second-order valence-corrected chi connectivity index (χ2v) is 8.68. The second-order valence-electron chi connectivity index (χ2n) is 6.96. The molecule has 0 fully saturated rings. The van der Waals surface area contributed by atoms with Crippen LogP contribution in [0.25, 0.3) is 11.1 Å². The van der Waals surface area contributed by atoms with Gasteiger partial charge in [0, 0.05) is 42.3 Å². The molecule has 1 aromatic heterocycles. The van der Waals surface area contributed by atoms with Gasteiger partial charge in [-0.25, -0.2) is 0 Å². The number of carbonyl (C=O) groups is 2. The van der Waals surface area contributed by atoms with Crippen molar-refractivity contribution < 1.29 is 9.59 Å². The minimum absolute atomic E-state index is 0.0355. The fraction of sp³-hybridized carbons (Fsp3) is 0. The van der Waals surface area contributed by atoms with Crippen LogP contribution in [0.3, 0.4) is 0 Å². The maximum absolute atomic E-state index is 13.5. The van der Waals surface area contributed by atoms with Gasteiger partial charge in [0.2, 0.25) is 5.78 Å². The molecule has 0 aliphatic carbocycles. The van der Waals surface area contributed by atoms with E-state index >= 15 is 0 Å². The monoisotopic (exact) mass is 502 g/mol. The van der Waals surface area contributed by atoms with Gasteiger partial charge in [-0.3, -0.25) is 9.59 Å². The Morgan fingerprint density at radius 1 is 0.719 bits per heavy atom. The molecule has 0 unspecified atom stereocenters. The number of carbonyl (C=O) groups excluding carboxylic acids is 2. The number of nitrogens with one attached hydrogen (secondary N) is 1. The molecule has 3 aromatic carbocycles. The van der Waals surface area contributed by atoms with Gasteiger partial charge in [-0.05, 0) is 48.5 Å². The molecular weight excluding hydrogens is 490 g/mol. The van der Waals surface area contributed by atoms with Crippen LogP contribution >= 0.6 is 46.4 Å². The first-order valence-electron chi connectivity index (χ1n) is 9.33. The summed E-state index contributed by atoms with van der Waals surface area (Å²) in [5.41, 5.74) is 7.87. The molecule has 8 heteroatoms. The van der Waals surface area contributed by atoms with Crippen LogP contribution in [0.1, 0.15) is 32.0 Å². The second kappa shape index (κ2) is 9.00. The van der Waals surface area contributed by atoms with E-state index in [1.807, 2.05) is 0 Å². The molecule has 4 aromatic rings. The zero-order valence-electron chi connectivity index (χ0n) is 16.3. The molecule has 1 heterocycles. The lowest BCUT2D eigenvalue weighted by Crippen LogP contribution is -2.07. The van der Waals surface area contributed by atoms with Crippen LogP contribution in [-0.4, -0.2) is 16.6 Å². The van der Waals surface area contributed by atoms with Crippen LogP contribution in [0, 0.1) is 0 Å². The number of hydrogen-bond donors (Lipinski definition) is 2. The molecule has 32 heavy (non-hydrogen) atoms. The summed E-state index contributed by atoms with van der Waals surface area (Å²) in [6.07, 6.45) is 0. The Kier molecular flexibility index (Phi) is 6.31. The molecule has 160 valence electrons. The predicted molar refractivity (Wildman–Crippen MR) is 130 cm³/mol. The first kappa shape index (κ1) is 22.4. The van der Waals surface area contributed by atoms with E-state index in [-0.39, 0.29) is 33.4 Å². The zero-order valence-corrected chi connectivity index (χ0v) is 19.3. The Hall–Kier alpha value is -2.76. The molecule has 0 bridgehead atoms. The van der Waals surface area contributed by atoms with E-state index in [9.17, 15) is 9.59 Å². The van der Waals surface area contributed by atoms with Crippen LogP contribution in [0.5, 0.6) is 0 Å². The first-order valence-corrected chi connectivity index (χ1v) is 10.8. The largest absolute Gasteiger partial charge is 0.385 e. The van der Waals surface area contributed by atoms with E-state index in [1.165, 1.54) is 12.1 Å². The summed E-state index contributed by atoms with van der Waals surface area (Å²) >= 11 is 24.5. The van der Waals surface area contributed by atoms with E-state index in [0.717, 1.165) is 0 Å². The standard InChI is InChI=1S/C24H14Cl4N2O2/c25-14-6-4-12(5-7-14)23(32)21-19(17-9-8-16(27)11-18(17)28)20(24(29)30-21)22(31)13-2-1-3-15(26)10-13/h1-11,30H,29H2. The summed E-state index contributed by atoms with van der Waals surface area (Å²) in [6, 6.07) is 17.7. The molecule has 0 amide bonds. The fourth-order valence-electron chi connectivity index (χ4n) is 3.41. The van der Waals surface area contributed by atoms with E-state index in [2.05, 4.69) is 4.98 Å². The Balaban J connectivity index is 1.97. The van der Waals surface area contributed by atoms with Crippen molar-refractivity contribution in [2.45, 2.75) is 0 Å². The van der Waals surface area contributed by atoms with E-state index in [1.54, 1.807) is 54.6 Å². The Morgan fingerprint density at radius 3 is 2.03 bits per heavy atom. The van der Waals surface area contributed by atoms with Gasteiger partial charge in [0.05, 0.1) is 11.3 Å². The number of rotatable bonds is 5. The van der Waals surface area contributed by atoms with Crippen LogP contribution in [0.2, 0.25) is 20.1 Å². The number of nitrogens with two attached hydrogens (primary N) is 1. The maximum Gasteiger partial charge on any atom is 0.209 e. The van der Waals surface area contributed by atoms with Gasteiger partial charge in [-0.15, -0.1) is 0 Å². The molecule has 3 N–H and O–H groups in total. The molecule has 0 aliphatic rings. The zero-order chi connectivity index (χ0) is 23.0. The minimum Gasteiger partial charge on any atom is -0.385 e. The van der Waals surface area contributed by atoms with Crippen LogP contribution in [0.15, 0.2) is 66.7 Å². The number of anilines is 1. The van der Waals surface area contributed by atoms with Gasteiger partial charge in [-0.1, -0.05) is 64.6 Å². The summed E-state index contributed by atoms with van der Waals surface area (Å²) in [4.78, 5) is 29.7. The quantitative estimate of drug-likeness (QED) is 0.279. The van der Waals surface area contributed by atoms with Crippen molar-refractivity contribution in [2.24, 2.45) is 0 Å². The Labute approximate surface area is 203 Å². The van der Waals surface area contributed by atoms with Crippen molar-refractivity contribution in [3.63, 3.8) is 0 Å². The summed E-state index contributed by atoms with van der Waals surface area (Å²) in [7, 11) is 0. The minimum atomic E-state index is -0.405. The van der Waals surface area contributed by atoms with Gasteiger partial charge < -0.3 is 10.7 Å². The average Bonchev–Trinajstić information content (AvgIpc) is 3.10. The summed E-state index contributed by atoms with van der Waals surface area (Å²) in [5, 5.41) is 1.57. The lowest BCUT2D eigenvalue weighted by atomic mass is 9.93. The SMILES string of the molecule is Nc1[nH]c(C(=O)c2ccc(Cl)cc2)c(-c2ccc(Cl)cc2Cl)c1C(=O)c1cccc(Cl)c1. The van der Waals surface area contributed by atoms with Gasteiger partial charge >= 0.3 is 0 Å². The Morgan fingerprint density at radius 2 is 1.38 bits per heavy atom. The summed E-state index contributed by atoms with van der Waals surface area (Å²) < 4.78 is 0. The van der Waals surface area contributed by atoms with Crippen molar-refractivity contribution in [3.05, 3.63) is 109 Å². The third kappa shape index (κ3) is 4.27. The number of aromatic amines is 1. The van der Waals surface area contributed by atoms with Gasteiger partial charge in [-0.2, -0.15) is 0 Å². The first-order chi connectivity index (χ1) is 15.3. The lowest BCUT2D eigenvalue weighted by Gasteiger charge is -2.10. The topological polar surface area (TPSA) is 76.0 Å². The van der Waals surface area contributed by atoms with E-state index < -0.39 is 5.78 Å². The van der Waals surface area contributed by atoms with Crippen molar-refractivity contribution in [1.29, 1.82) is 0 Å². The van der Waals surface area contributed by atoms with Crippen LogP contribution in [0.4, 0.5) is 5.82 Å². The van der Waals surface area contributed by atoms with Crippen molar-refractivity contribution >= 4 is 63.8 Å². The highest BCUT2D eigenvalue weighted by molar-refractivity contribution is 6.37. The molecule has 0 saturated heterocycles. The molecule has 4 rings (SSSR count). The number of aromatic nitrogens is 1. The lowest BCUT2D eigenvalue weighted by molar-refractivity contribution is 0.103. The molecule has 0 atom stereocenters. The van der Waals surface area contributed by atoms with Gasteiger partial charge in [0.1, 0.15) is 5.82 Å². The Bertz CT molecular complexity index is 1360. The number of benzene rings is 3. The van der Waals surface area contributed by atoms with Crippen molar-refractivity contribution in [1.82, 2.24) is 4.98 Å². The number of H-pyrrole nitrogens is 1. The van der Waals surface area contributed by atoms with E-state index in [4.69, 9.17) is 52.1 Å².